The third kappa shape index (κ3) is 4.44. The van der Waals surface area contributed by atoms with Crippen LogP contribution in [-0.4, -0.2) is 35.5 Å². The van der Waals surface area contributed by atoms with Crippen molar-refractivity contribution < 1.29 is 18.4 Å². The van der Waals surface area contributed by atoms with Crippen LogP contribution in [-0.2, 0) is 0 Å². The fourth-order valence-electron chi connectivity index (χ4n) is 4.71. The van der Waals surface area contributed by atoms with Crippen LogP contribution in [0.5, 0.6) is 0 Å². The Bertz CT molecular complexity index is 1410. The first-order chi connectivity index (χ1) is 16.9. The van der Waals surface area contributed by atoms with E-state index < -0.39 is 17.5 Å². The molecule has 178 valence electrons. The Balaban J connectivity index is 1.76. The predicted octanol–water partition coefficient (Wildman–Crippen LogP) is 5.72. The highest BCUT2D eigenvalue weighted by Crippen LogP contribution is 2.40. The first kappa shape index (κ1) is 22.9. The molecule has 1 aliphatic rings. The standard InChI is InChI=1S/C27H23F3N4O/c28-18-10-17(11-19(29)13-18)23-14-32-26-5-4-16(21-2-1-3-25(30)24(21)15-33-35)12-22(26)27(23)34-8-6-20(31)7-9-34/h1-5,10-15,20,35H,6-9,31H2. The molecule has 1 aliphatic heterocycles. The third-order valence-corrected chi connectivity index (χ3v) is 6.42. The lowest BCUT2D eigenvalue weighted by atomic mass is 9.94. The molecular weight excluding hydrogens is 453 g/mol. The number of oxime groups is 1. The molecule has 5 rings (SSSR count). The number of nitrogens with two attached hydrogens (primary N) is 1. The van der Waals surface area contributed by atoms with Crippen molar-refractivity contribution in [1.82, 2.24) is 4.98 Å². The van der Waals surface area contributed by atoms with Crippen LogP contribution in [0.3, 0.4) is 0 Å². The quantitative estimate of drug-likeness (QED) is 0.224. The van der Waals surface area contributed by atoms with Crippen LogP contribution in [0, 0.1) is 17.5 Å². The second-order valence-corrected chi connectivity index (χ2v) is 8.68. The molecule has 0 spiro atoms. The molecule has 0 atom stereocenters. The van der Waals surface area contributed by atoms with E-state index in [1.165, 1.54) is 18.2 Å². The highest BCUT2D eigenvalue weighted by atomic mass is 19.1. The Kier molecular flexibility index (Phi) is 6.13. The maximum absolute atomic E-state index is 14.5. The zero-order valence-corrected chi connectivity index (χ0v) is 18.8. The van der Waals surface area contributed by atoms with Gasteiger partial charge < -0.3 is 15.8 Å². The molecule has 1 fully saturated rings. The minimum atomic E-state index is -0.673. The molecule has 0 amide bonds. The van der Waals surface area contributed by atoms with E-state index in [0.717, 1.165) is 36.2 Å². The van der Waals surface area contributed by atoms with Crippen LogP contribution in [0.15, 0.2) is 65.9 Å². The highest BCUT2D eigenvalue weighted by molar-refractivity contribution is 6.02. The van der Waals surface area contributed by atoms with Gasteiger partial charge in [0.25, 0.3) is 0 Å². The maximum atomic E-state index is 14.5. The number of nitrogens with zero attached hydrogens (tertiary/aromatic N) is 3. The second-order valence-electron chi connectivity index (χ2n) is 8.68. The fourth-order valence-corrected chi connectivity index (χ4v) is 4.71. The fraction of sp³-hybridized carbons (Fsp3) is 0.185. The van der Waals surface area contributed by atoms with E-state index in [1.54, 1.807) is 18.3 Å². The van der Waals surface area contributed by atoms with Gasteiger partial charge >= 0.3 is 0 Å². The average Bonchev–Trinajstić information content (AvgIpc) is 2.84. The van der Waals surface area contributed by atoms with Crippen LogP contribution in [0.4, 0.5) is 18.9 Å². The Morgan fingerprint density at radius 2 is 1.69 bits per heavy atom. The summed E-state index contributed by atoms with van der Waals surface area (Å²) in [6.45, 7) is 1.36. The molecule has 35 heavy (non-hydrogen) atoms. The summed E-state index contributed by atoms with van der Waals surface area (Å²) in [7, 11) is 0. The number of piperidine rings is 1. The zero-order valence-electron chi connectivity index (χ0n) is 18.8. The van der Waals surface area contributed by atoms with E-state index in [2.05, 4.69) is 15.0 Å². The highest BCUT2D eigenvalue weighted by Gasteiger charge is 2.23. The molecule has 1 aromatic heterocycles. The Labute approximate surface area is 200 Å². The molecule has 0 aliphatic carbocycles. The van der Waals surface area contributed by atoms with Crippen molar-refractivity contribution in [3.05, 3.63) is 83.8 Å². The zero-order chi connectivity index (χ0) is 24.5. The van der Waals surface area contributed by atoms with Crippen molar-refractivity contribution in [2.24, 2.45) is 10.9 Å². The number of aromatic nitrogens is 1. The summed E-state index contributed by atoms with van der Waals surface area (Å²) in [6, 6.07) is 13.6. The van der Waals surface area contributed by atoms with Crippen LogP contribution in [0.1, 0.15) is 18.4 Å². The van der Waals surface area contributed by atoms with Gasteiger partial charge in [0.1, 0.15) is 17.5 Å². The third-order valence-electron chi connectivity index (χ3n) is 6.42. The van der Waals surface area contributed by atoms with Crippen LogP contribution < -0.4 is 10.6 Å². The Hall–Kier alpha value is -3.91. The number of rotatable bonds is 4. The molecule has 8 heteroatoms. The summed E-state index contributed by atoms with van der Waals surface area (Å²) in [5.41, 5.74) is 9.97. The van der Waals surface area contributed by atoms with Gasteiger partial charge in [-0.2, -0.15) is 0 Å². The van der Waals surface area contributed by atoms with Gasteiger partial charge in [-0.1, -0.05) is 23.4 Å². The normalized spacial score (nSPS) is 14.8. The molecule has 0 radical (unpaired) electrons. The van der Waals surface area contributed by atoms with Gasteiger partial charge in [-0.05, 0) is 59.9 Å². The summed E-state index contributed by atoms with van der Waals surface area (Å²) in [5, 5.41) is 12.8. The van der Waals surface area contributed by atoms with Crippen molar-refractivity contribution in [3.63, 3.8) is 0 Å². The van der Waals surface area contributed by atoms with Crippen molar-refractivity contribution in [3.8, 4) is 22.3 Å². The number of fused-ring (bicyclic) bond motifs is 1. The molecule has 3 aromatic carbocycles. The lowest BCUT2D eigenvalue weighted by Crippen LogP contribution is -2.40. The smallest absolute Gasteiger partial charge is 0.132 e. The molecular formula is C27H23F3N4O. The number of hydrogen-bond donors (Lipinski definition) is 2. The van der Waals surface area contributed by atoms with E-state index in [1.807, 2.05) is 18.2 Å². The summed E-state index contributed by atoms with van der Waals surface area (Å²) in [5.74, 6) is -1.87. The van der Waals surface area contributed by atoms with E-state index in [9.17, 15) is 13.2 Å². The minimum absolute atomic E-state index is 0.0950. The molecule has 0 saturated carbocycles. The summed E-state index contributed by atoms with van der Waals surface area (Å²) in [4.78, 5) is 6.73. The largest absolute Gasteiger partial charge is 0.411 e. The first-order valence-corrected chi connectivity index (χ1v) is 11.3. The van der Waals surface area contributed by atoms with Gasteiger partial charge in [0.05, 0.1) is 17.4 Å². The number of hydrogen-bond acceptors (Lipinski definition) is 5. The first-order valence-electron chi connectivity index (χ1n) is 11.3. The molecule has 3 N–H and O–H groups in total. The molecule has 0 unspecified atom stereocenters. The second kappa shape index (κ2) is 9.38. The van der Waals surface area contributed by atoms with Gasteiger partial charge in [-0.25, -0.2) is 13.2 Å². The van der Waals surface area contributed by atoms with Crippen LogP contribution in [0.25, 0.3) is 33.2 Å². The topological polar surface area (TPSA) is 74.7 Å². The molecule has 1 saturated heterocycles. The Morgan fingerprint density at radius 3 is 2.40 bits per heavy atom. The van der Waals surface area contributed by atoms with Gasteiger partial charge in [-0.3, -0.25) is 4.98 Å². The van der Waals surface area contributed by atoms with Crippen LogP contribution >= 0.6 is 0 Å². The summed E-state index contributed by atoms with van der Waals surface area (Å²) in [6.07, 6.45) is 4.25. The van der Waals surface area contributed by atoms with Gasteiger partial charge in [0.15, 0.2) is 0 Å². The lowest BCUT2D eigenvalue weighted by molar-refractivity contribution is 0.321. The van der Waals surface area contributed by atoms with Crippen molar-refractivity contribution in [2.45, 2.75) is 18.9 Å². The summed E-state index contributed by atoms with van der Waals surface area (Å²) >= 11 is 0. The maximum Gasteiger partial charge on any atom is 0.132 e. The Morgan fingerprint density at radius 1 is 0.943 bits per heavy atom. The number of anilines is 1. The molecule has 4 aromatic rings. The molecule has 2 heterocycles. The van der Waals surface area contributed by atoms with Gasteiger partial charge in [0, 0.05) is 47.9 Å². The van der Waals surface area contributed by atoms with E-state index in [0.29, 0.717) is 40.9 Å². The number of halogens is 3. The van der Waals surface area contributed by atoms with E-state index in [-0.39, 0.29) is 11.6 Å². The van der Waals surface area contributed by atoms with Crippen LogP contribution in [0.2, 0.25) is 0 Å². The monoisotopic (exact) mass is 476 g/mol. The summed E-state index contributed by atoms with van der Waals surface area (Å²) < 4.78 is 42.8. The van der Waals surface area contributed by atoms with Gasteiger partial charge in [0.2, 0.25) is 0 Å². The van der Waals surface area contributed by atoms with E-state index in [4.69, 9.17) is 10.9 Å². The minimum Gasteiger partial charge on any atom is -0.411 e. The van der Waals surface area contributed by atoms with E-state index >= 15 is 0 Å². The van der Waals surface area contributed by atoms with Gasteiger partial charge in [-0.15, -0.1) is 0 Å². The molecule has 5 nitrogen and oxygen atoms in total. The van der Waals surface area contributed by atoms with Crippen molar-refractivity contribution >= 4 is 22.8 Å². The SMILES string of the molecule is NC1CCN(c2c(-c3cc(F)cc(F)c3)cnc3ccc(-c4cccc(F)c4C=NO)cc23)CC1. The van der Waals surface area contributed by atoms with Crippen molar-refractivity contribution in [1.29, 1.82) is 0 Å². The molecule has 0 bridgehead atoms. The average molecular weight is 477 g/mol. The lowest BCUT2D eigenvalue weighted by Gasteiger charge is -2.34. The number of pyridine rings is 1. The number of benzene rings is 3. The van der Waals surface area contributed by atoms with Crippen molar-refractivity contribution in [2.75, 3.05) is 18.0 Å². The predicted molar refractivity (Wildman–Crippen MR) is 131 cm³/mol.